The maximum atomic E-state index is 6.45. The molecule has 2 aromatic carbocycles. The Morgan fingerprint density at radius 3 is 2.69 bits per heavy atom. The fraction of sp³-hybridized carbons (Fsp3) is 0.250. The second-order valence-corrected chi connectivity index (χ2v) is 7.34. The molecule has 1 aromatic heterocycles. The summed E-state index contributed by atoms with van der Waals surface area (Å²) in [5.41, 5.74) is 5.39. The molecule has 0 bridgehead atoms. The van der Waals surface area contributed by atoms with Crippen molar-refractivity contribution in [3.63, 3.8) is 0 Å². The van der Waals surface area contributed by atoms with Gasteiger partial charge in [-0.3, -0.25) is 4.98 Å². The van der Waals surface area contributed by atoms with Crippen LogP contribution in [0.1, 0.15) is 48.0 Å². The van der Waals surface area contributed by atoms with Gasteiger partial charge in [0.05, 0.1) is 18.4 Å². The summed E-state index contributed by atoms with van der Waals surface area (Å²) in [4.78, 5) is 4.54. The van der Waals surface area contributed by atoms with Crippen LogP contribution in [0.25, 0.3) is 0 Å². The van der Waals surface area contributed by atoms with Crippen molar-refractivity contribution < 1.29 is 9.47 Å². The zero-order chi connectivity index (χ0) is 19.8. The van der Waals surface area contributed by atoms with Crippen LogP contribution in [0.4, 0.5) is 0 Å². The molecule has 3 heterocycles. The first-order valence-electron chi connectivity index (χ1n) is 10.0. The predicted octanol–water partition coefficient (Wildman–Crippen LogP) is 5.03. The number of aryl methyl sites for hydroxylation is 1. The molecule has 0 saturated heterocycles. The van der Waals surface area contributed by atoms with Crippen LogP contribution in [0.3, 0.4) is 0 Å². The molecule has 2 aliphatic heterocycles. The molecule has 0 radical (unpaired) electrons. The normalized spacial score (nSPS) is 19.8. The average molecular weight is 385 g/mol. The molecule has 3 aromatic rings. The highest BCUT2D eigenvalue weighted by Crippen LogP contribution is 2.50. The summed E-state index contributed by atoms with van der Waals surface area (Å²) >= 11 is 0. The lowest BCUT2D eigenvalue weighted by molar-refractivity contribution is -0.0240. The smallest absolute Gasteiger partial charge is 0.230 e. The van der Waals surface area contributed by atoms with Crippen LogP contribution in [-0.4, -0.2) is 22.3 Å². The number of rotatable bonds is 4. The third kappa shape index (κ3) is 3.12. The van der Waals surface area contributed by atoms with Crippen molar-refractivity contribution in [1.82, 2.24) is 9.99 Å². The summed E-state index contributed by atoms with van der Waals surface area (Å²) in [6, 6.07) is 20.6. The zero-order valence-electron chi connectivity index (χ0n) is 16.6. The van der Waals surface area contributed by atoms with Gasteiger partial charge >= 0.3 is 0 Å². The van der Waals surface area contributed by atoms with Crippen LogP contribution in [-0.2, 0) is 0 Å². The van der Waals surface area contributed by atoms with Gasteiger partial charge in [-0.05, 0) is 37.6 Å². The van der Waals surface area contributed by atoms with Gasteiger partial charge < -0.3 is 9.47 Å². The van der Waals surface area contributed by atoms with E-state index in [1.165, 1.54) is 5.56 Å². The fourth-order valence-electron chi connectivity index (χ4n) is 3.99. The Balaban J connectivity index is 1.60. The molecule has 0 spiro atoms. The van der Waals surface area contributed by atoms with Gasteiger partial charge in [0.1, 0.15) is 5.69 Å². The Morgan fingerprint density at radius 2 is 1.93 bits per heavy atom. The number of hydrogen-bond acceptors (Lipinski definition) is 5. The molecule has 2 aliphatic rings. The molecule has 0 saturated carbocycles. The van der Waals surface area contributed by atoms with Crippen molar-refractivity contribution in [2.75, 3.05) is 6.61 Å². The van der Waals surface area contributed by atoms with Crippen molar-refractivity contribution in [3.05, 3.63) is 89.2 Å². The Hall–Kier alpha value is -3.34. The number of aromatic nitrogens is 1. The molecule has 5 heteroatoms. The molecule has 2 atom stereocenters. The van der Waals surface area contributed by atoms with Crippen LogP contribution in [0.15, 0.2) is 72.0 Å². The zero-order valence-corrected chi connectivity index (χ0v) is 16.6. The summed E-state index contributed by atoms with van der Waals surface area (Å²) in [5, 5.41) is 7.04. The number of benzene rings is 2. The Morgan fingerprint density at radius 1 is 1.07 bits per heavy atom. The molecule has 0 N–H and O–H groups in total. The van der Waals surface area contributed by atoms with E-state index in [1.807, 2.05) is 37.3 Å². The van der Waals surface area contributed by atoms with Crippen LogP contribution in [0, 0.1) is 6.92 Å². The van der Waals surface area contributed by atoms with Crippen molar-refractivity contribution in [3.8, 4) is 11.5 Å². The molecular formula is C24H23N3O2. The van der Waals surface area contributed by atoms with E-state index in [9.17, 15) is 0 Å². The lowest BCUT2D eigenvalue weighted by Gasteiger charge is -2.38. The van der Waals surface area contributed by atoms with E-state index in [1.54, 1.807) is 6.20 Å². The van der Waals surface area contributed by atoms with Gasteiger partial charge in [0.15, 0.2) is 11.5 Å². The van der Waals surface area contributed by atoms with E-state index in [0.717, 1.165) is 40.5 Å². The molecule has 29 heavy (non-hydrogen) atoms. The van der Waals surface area contributed by atoms with Crippen LogP contribution in [0.5, 0.6) is 11.5 Å². The van der Waals surface area contributed by atoms with E-state index in [4.69, 9.17) is 14.6 Å². The maximum absolute atomic E-state index is 6.45. The van der Waals surface area contributed by atoms with Gasteiger partial charge in [-0.25, -0.2) is 5.01 Å². The Labute approximate surface area is 170 Å². The van der Waals surface area contributed by atoms with Crippen LogP contribution < -0.4 is 9.47 Å². The lowest BCUT2D eigenvalue weighted by atomic mass is 9.95. The number of para-hydroxylation sites is 1. The maximum Gasteiger partial charge on any atom is 0.230 e. The van der Waals surface area contributed by atoms with Gasteiger partial charge in [-0.2, -0.15) is 5.10 Å². The van der Waals surface area contributed by atoms with Crippen LogP contribution in [0.2, 0.25) is 0 Å². The number of hydrazone groups is 1. The minimum Gasteiger partial charge on any atom is -0.490 e. The predicted molar refractivity (Wildman–Crippen MR) is 112 cm³/mol. The fourth-order valence-corrected chi connectivity index (χ4v) is 3.99. The average Bonchev–Trinajstić information content (AvgIpc) is 3.20. The first-order chi connectivity index (χ1) is 14.2. The highest BCUT2D eigenvalue weighted by atomic mass is 16.5. The van der Waals surface area contributed by atoms with Gasteiger partial charge in [-0.15, -0.1) is 0 Å². The van der Waals surface area contributed by atoms with E-state index in [0.29, 0.717) is 6.61 Å². The van der Waals surface area contributed by atoms with Gasteiger partial charge in [0.2, 0.25) is 6.23 Å². The Bertz CT molecular complexity index is 1050. The SMILES string of the molecule is CCOc1cccc2c1O[C@H](c1ccccn1)N1N=C(c3ccc(C)cc3)C[C@@H]21. The van der Waals surface area contributed by atoms with E-state index < -0.39 is 6.23 Å². The highest BCUT2D eigenvalue weighted by molar-refractivity contribution is 6.02. The van der Waals surface area contributed by atoms with Crippen LogP contribution >= 0.6 is 0 Å². The molecule has 0 fully saturated rings. The second-order valence-electron chi connectivity index (χ2n) is 7.34. The van der Waals surface area contributed by atoms with E-state index >= 15 is 0 Å². The first-order valence-corrected chi connectivity index (χ1v) is 10.0. The lowest BCUT2D eigenvalue weighted by Crippen LogP contribution is -2.34. The van der Waals surface area contributed by atoms with Gasteiger partial charge in [-0.1, -0.05) is 48.0 Å². The van der Waals surface area contributed by atoms with Crippen molar-refractivity contribution in [2.45, 2.75) is 32.5 Å². The standard InChI is InChI=1S/C24H23N3O2/c1-3-28-22-9-6-7-18-21-15-20(17-12-10-16(2)11-13-17)26-27(21)24(29-23(18)22)19-8-4-5-14-25-19/h4-14,21,24H,3,15H2,1-2H3/t21-,24+/m0/s1. The monoisotopic (exact) mass is 385 g/mol. The molecule has 0 aliphatic carbocycles. The third-order valence-corrected chi connectivity index (χ3v) is 5.41. The molecule has 0 amide bonds. The minimum atomic E-state index is -0.391. The summed E-state index contributed by atoms with van der Waals surface area (Å²) in [7, 11) is 0. The topological polar surface area (TPSA) is 47.0 Å². The first kappa shape index (κ1) is 17.7. The van der Waals surface area contributed by atoms with Gasteiger partial charge in [0, 0.05) is 18.2 Å². The van der Waals surface area contributed by atoms with Crippen molar-refractivity contribution in [1.29, 1.82) is 0 Å². The molecular weight excluding hydrogens is 362 g/mol. The molecule has 5 nitrogen and oxygen atoms in total. The van der Waals surface area contributed by atoms with E-state index in [-0.39, 0.29) is 6.04 Å². The van der Waals surface area contributed by atoms with Crippen molar-refractivity contribution >= 4 is 5.71 Å². The summed E-state index contributed by atoms with van der Waals surface area (Å²) in [6.45, 7) is 4.67. The number of fused-ring (bicyclic) bond motifs is 3. The second kappa shape index (κ2) is 7.24. The number of hydrogen-bond donors (Lipinski definition) is 0. The van der Waals surface area contributed by atoms with E-state index in [2.05, 4.69) is 47.2 Å². The summed E-state index contributed by atoms with van der Waals surface area (Å²) in [5.74, 6) is 1.57. The molecule has 0 unspecified atom stereocenters. The summed E-state index contributed by atoms with van der Waals surface area (Å²) < 4.78 is 12.3. The number of pyridine rings is 1. The quantitative estimate of drug-likeness (QED) is 0.632. The largest absolute Gasteiger partial charge is 0.490 e. The Kier molecular flexibility index (Phi) is 4.43. The minimum absolute atomic E-state index is 0.0856. The molecule has 5 rings (SSSR count). The number of ether oxygens (including phenoxy) is 2. The van der Waals surface area contributed by atoms with Crippen molar-refractivity contribution in [2.24, 2.45) is 5.10 Å². The van der Waals surface area contributed by atoms with Gasteiger partial charge in [0.25, 0.3) is 0 Å². The third-order valence-electron chi connectivity index (χ3n) is 5.41. The summed E-state index contributed by atoms with van der Waals surface area (Å²) in [6.07, 6.45) is 2.22. The highest BCUT2D eigenvalue weighted by Gasteiger charge is 2.42. The number of nitrogens with zero attached hydrogens (tertiary/aromatic N) is 3. The molecule has 146 valence electrons.